The maximum atomic E-state index is 11.2. The van der Waals surface area contributed by atoms with Gasteiger partial charge in [-0.3, -0.25) is 10.0 Å². The number of aromatic nitrogens is 4. The Hall–Kier alpha value is -4.11. The van der Waals surface area contributed by atoms with E-state index in [4.69, 9.17) is 9.94 Å². The SMILES string of the molecule is CN(c1ccc(Oc2cnc(C(=O)NO)nc2)cc1)c1ncnc2ccccc12. The van der Waals surface area contributed by atoms with Gasteiger partial charge in [0.15, 0.2) is 5.75 Å². The minimum Gasteiger partial charge on any atom is -0.454 e. The number of anilines is 2. The van der Waals surface area contributed by atoms with E-state index in [2.05, 4.69) is 19.9 Å². The zero-order valence-corrected chi connectivity index (χ0v) is 15.4. The third kappa shape index (κ3) is 3.80. The van der Waals surface area contributed by atoms with E-state index in [1.807, 2.05) is 60.5 Å². The fourth-order valence-electron chi connectivity index (χ4n) is 2.79. The van der Waals surface area contributed by atoms with Gasteiger partial charge in [-0.1, -0.05) is 12.1 Å². The molecule has 1 amide bonds. The number of carbonyl (C=O) groups is 1. The summed E-state index contributed by atoms with van der Waals surface area (Å²) < 4.78 is 5.69. The molecule has 4 rings (SSSR count). The van der Waals surface area contributed by atoms with Gasteiger partial charge in [-0.2, -0.15) is 0 Å². The largest absolute Gasteiger partial charge is 0.454 e. The first-order valence-corrected chi connectivity index (χ1v) is 8.63. The molecular weight excluding hydrogens is 372 g/mol. The zero-order valence-electron chi connectivity index (χ0n) is 15.4. The summed E-state index contributed by atoms with van der Waals surface area (Å²) in [4.78, 5) is 29.6. The van der Waals surface area contributed by atoms with Crippen LogP contribution < -0.4 is 15.1 Å². The van der Waals surface area contributed by atoms with E-state index in [1.165, 1.54) is 17.9 Å². The standard InChI is InChI=1S/C20H16N6O3/c1-26(19-16-4-2-3-5-17(16)23-12-24-19)13-6-8-14(9-7-13)29-15-10-21-18(22-11-15)20(27)25-28/h2-12,28H,1H3,(H,25,27). The van der Waals surface area contributed by atoms with Crippen LogP contribution in [-0.2, 0) is 0 Å². The summed E-state index contributed by atoms with van der Waals surface area (Å²) in [5.74, 6) is 0.797. The minimum atomic E-state index is -0.791. The fraction of sp³-hybridized carbons (Fsp3) is 0.0500. The van der Waals surface area contributed by atoms with Crippen LogP contribution in [0, 0.1) is 0 Å². The molecule has 2 aromatic carbocycles. The van der Waals surface area contributed by atoms with Crippen molar-refractivity contribution in [2.75, 3.05) is 11.9 Å². The monoisotopic (exact) mass is 388 g/mol. The van der Waals surface area contributed by atoms with Crippen LogP contribution in [0.3, 0.4) is 0 Å². The van der Waals surface area contributed by atoms with Crippen molar-refractivity contribution in [3.05, 3.63) is 73.1 Å². The summed E-state index contributed by atoms with van der Waals surface area (Å²) in [6, 6.07) is 15.3. The molecule has 0 saturated carbocycles. The van der Waals surface area contributed by atoms with Crippen molar-refractivity contribution in [3.8, 4) is 11.5 Å². The summed E-state index contributed by atoms with van der Waals surface area (Å²) in [7, 11) is 1.93. The number of amides is 1. The number of para-hydroxylation sites is 1. The summed E-state index contributed by atoms with van der Waals surface area (Å²) in [6.45, 7) is 0. The Kier molecular flexibility index (Phi) is 4.95. The highest BCUT2D eigenvalue weighted by atomic mass is 16.5. The molecule has 9 heteroatoms. The van der Waals surface area contributed by atoms with E-state index in [0.29, 0.717) is 11.5 Å². The van der Waals surface area contributed by atoms with Gasteiger partial charge >= 0.3 is 5.91 Å². The highest BCUT2D eigenvalue weighted by molar-refractivity contribution is 5.91. The van der Waals surface area contributed by atoms with Gasteiger partial charge in [0.25, 0.3) is 0 Å². The lowest BCUT2D eigenvalue weighted by atomic mass is 10.2. The Morgan fingerprint density at radius 2 is 1.69 bits per heavy atom. The number of rotatable bonds is 5. The van der Waals surface area contributed by atoms with Crippen LogP contribution >= 0.6 is 0 Å². The second kappa shape index (κ2) is 7.87. The first-order valence-electron chi connectivity index (χ1n) is 8.63. The van der Waals surface area contributed by atoms with Crippen molar-refractivity contribution >= 4 is 28.3 Å². The average Bonchev–Trinajstić information content (AvgIpc) is 2.78. The maximum Gasteiger partial charge on any atom is 0.312 e. The van der Waals surface area contributed by atoms with Crippen LogP contribution in [-0.4, -0.2) is 38.1 Å². The molecule has 0 aliphatic rings. The van der Waals surface area contributed by atoms with Crippen molar-refractivity contribution in [3.63, 3.8) is 0 Å². The van der Waals surface area contributed by atoms with Gasteiger partial charge in [0, 0.05) is 18.1 Å². The molecule has 144 valence electrons. The van der Waals surface area contributed by atoms with E-state index >= 15 is 0 Å². The van der Waals surface area contributed by atoms with Gasteiger partial charge in [0.1, 0.15) is 17.9 Å². The third-order valence-corrected chi connectivity index (χ3v) is 4.23. The van der Waals surface area contributed by atoms with Gasteiger partial charge in [-0.15, -0.1) is 0 Å². The lowest BCUT2D eigenvalue weighted by Gasteiger charge is -2.20. The van der Waals surface area contributed by atoms with E-state index in [1.54, 1.807) is 6.33 Å². The van der Waals surface area contributed by atoms with E-state index in [9.17, 15) is 4.79 Å². The molecule has 0 fully saturated rings. The van der Waals surface area contributed by atoms with Gasteiger partial charge in [-0.25, -0.2) is 25.4 Å². The Bertz CT molecular complexity index is 1140. The van der Waals surface area contributed by atoms with Crippen LogP contribution in [0.5, 0.6) is 11.5 Å². The van der Waals surface area contributed by atoms with Crippen molar-refractivity contribution in [1.82, 2.24) is 25.4 Å². The molecule has 9 nitrogen and oxygen atoms in total. The smallest absolute Gasteiger partial charge is 0.312 e. The molecule has 0 radical (unpaired) electrons. The molecule has 0 atom stereocenters. The minimum absolute atomic E-state index is 0.158. The topological polar surface area (TPSA) is 113 Å². The predicted molar refractivity (Wildman–Crippen MR) is 105 cm³/mol. The summed E-state index contributed by atoms with van der Waals surface area (Å²) in [5.41, 5.74) is 3.27. The first kappa shape index (κ1) is 18.3. The van der Waals surface area contributed by atoms with Gasteiger partial charge in [-0.05, 0) is 36.4 Å². The average molecular weight is 388 g/mol. The van der Waals surface area contributed by atoms with Gasteiger partial charge in [0.05, 0.1) is 17.9 Å². The van der Waals surface area contributed by atoms with Crippen LogP contribution in [0.15, 0.2) is 67.3 Å². The number of nitrogens with zero attached hydrogens (tertiary/aromatic N) is 5. The molecule has 0 aliphatic carbocycles. The molecule has 29 heavy (non-hydrogen) atoms. The molecule has 4 aromatic rings. The molecule has 0 aliphatic heterocycles. The second-order valence-electron chi connectivity index (χ2n) is 6.05. The van der Waals surface area contributed by atoms with Gasteiger partial charge in [0.2, 0.25) is 5.82 Å². The van der Waals surface area contributed by atoms with Crippen molar-refractivity contribution < 1.29 is 14.7 Å². The van der Waals surface area contributed by atoms with Crippen LogP contribution in [0.4, 0.5) is 11.5 Å². The highest BCUT2D eigenvalue weighted by Gasteiger charge is 2.11. The number of hydrogen-bond acceptors (Lipinski definition) is 8. The highest BCUT2D eigenvalue weighted by Crippen LogP contribution is 2.30. The number of ether oxygens (including phenoxy) is 1. The van der Waals surface area contributed by atoms with Crippen LogP contribution in [0.1, 0.15) is 10.6 Å². The van der Waals surface area contributed by atoms with Crippen molar-refractivity contribution in [2.45, 2.75) is 0 Å². The van der Waals surface area contributed by atoms with Gasteiger partial charge < -0.3 is 9.64 Å². The first-order chi connectivity index (χ1) is 14.2. The molecule has 0 saturated heterocycles. The molecule has 2 aromatic heterocycles. The molecule has 0 unspecified atom stereocenters. The van der Waals surface area contributed by atoms with E-state index < -0.39 is 5.91 Å². The Morgan fingerprint density at radius 3 is 2.41 bits per heavy atom. The Balaban J connectivity index is 1.52. The number of hydroxylamine groups is 1. The second-order valence-corrected chi connectivity index (χ2v) is 6.05. The molecule has 0 bridgehead atoms. The predicted octanol–water partition coefficient (Wildman–Crippen LogP) is 3.10. The number of nitrogens with one attached hydrogen (secondary N) is 1. The molecule has 0 spiro atoms. The van der Waals surface area contributed by atoms with E-state index in [0.717, 1.165) is 22.4 Å². The number of fused-ring (bicyclic) bond motifs is 1. The lowest BCUT2D eigenvalue weighted by Crippen LogP contribution is -2.21. The number of hydrogen-bond donors (Lipinski definition) is 2. The normalized spacial score (nSPS) is 10.6. The van der Waals surface area contributed by atoms with Crippen LogP contribution in [0.25, 0.3) is 10.9 Å². The summed E-state index contributed by atoms with van der Waals surface area (Å²) in [5, 5.41) is 9.54. The van der Waals surface area contributed by atoms with Crippen LogP contribution in [0.2, 0.25) is 0 Å². The Labute approximate surface area is 165 Å². The quantitative estimate of drug-likeness (QED) is 0.396. The Morgan fingerprint density at radius 1 is 0.966 bits per heavy atom. The molecular formula is C20H16N6O3. The molecule has 2 heterocycles. The third-order valence-electron chi connectivity index (χ3n) is 4.23. The number of benzene rings is 2. The molecule has 2 N–H and O–H groups in total. The van der Waals surface area contributed by atoms with E-state index in [-0.39, 0.29) is 5.82 Å². The summed E-state index contributed by atoms with van der Waals surface area (Å²) in [6.07, 6.45) is 4.25. The zero-order chi connectivity index (χ0) is 20.2. The van der Waals surface area contributed by atoms with Crippen molar-refractivity contribution in [1.29, 1.82) is 0 Å². The number of carbonyl (C=O) groups excluding carboxylic acids is 1. The maximum absolute atomic E-state index is 11.2. The summed E-state index contributed by atoms with van der Waals surface area (Å²) >= 11 is 0. The fourth-order valence-corrected chi connectivity index (χ4v) is 2.79. The van der Waals surface area contributed by atoms with Crippen molar-refractivity contribution in [2.24, 2.45) is 0 Å². The lowest BCUT2D eigenvalue weighted by molar-refractivity contribution is 0.0694.